The van der Waals surface area contributed by atoms with E-state index in [1.807, 2.05) is 6.92 Å². The van der Waals surface area contributed by atoms with E-state index in [0.29, 0.717) is 32.3 Å². The first kappa shape index (κ1) is 13.9. The Morgan fingerprint density at radius 2 is 1.43 bits per heavy atom. The molecule has 14 heavy (non-hydrogen) atoms. The Balaban J connectivity index is 2.92. The minimum absolute atomic E-state index is 0.651. The van der Waals surface area contributed by atoms with Gasteiger partial charge in [-0.3, -0.25) is 0 Å². The Labute approximate surface area is 87.7 Å². The molecular weight excluding hydrogens is 180 g/mol. The quantitative estimate of drug-likeness (QED) is 0.510. The van der Waals surface area contributed by atoms with Crippen molar-refractivity contribution < 1.29 is 14.2 Å². The number of hydrogen-bond acceptors (Lipinski definition) is 3. The van der Waals surface area contributed by atoms with Crippen LogP contribution in [0.4, 0.5) is 0 Å². The van der Waals surface area contributed by atoms with Gasteiger partial charge in [-0.25, -0.2) is 0 Å². The molecule has 0 radical (unpaired) electrons. The Morgan fingerprint density at radius 1 is 0.857 bits per heavy atom. The van der Waals surface area contributed by atoms with Gasteiger partial charge in [-0.05, 0) is 12.8 Å². The van der Waals surface area contributed by atoms with Crippen LogP contribution in [-0.2, 0) is 14.2 Å². The third-order valence-corrected chi connectivity index (χ3v) is 2.05. The highest BCUT2D eigenvalue weighted by Gasteiger charge is 1.97. The predicted molar refractivity (Wildman–Crippen MR) is 57.6 cm³/mol. The molecule has 0 aliphatic heterocycles. The lowest BCUT2D eigenvalue weighted by Crippen LogP contribution is -2.12. The summed E-state index contributed by atoms with van der Waals surface area (Å²) >= 11 is 0. The second-order valence-corrected chi connectivity index (χ2v) is 3.40. The van der Waals surface area contributed by atoms with Crippen LogP contribution in [0.15, 0.2) is 0 Å². The van der Waals surface area contributed by atoms with Gasteiger partial charge in [-0.2, -0.15) is 0 Å². The lowest BCUT2D eigenvalue weighted by molar-refractivity contribution is 0.0103. The molecule has 0 heterocycles. The van der Waals surface area contributed by atoms with E-state index < -0.39 is 0 Å². The number of hydrogen-bond donors (Lipinski definition) is 0. The van der Waals surface area contributed by atoms with Crippen LogP contribution in [0.1, 0.15) is 27.2 Å². The van der Waals surface area contributed by atoms with Crippen LogP contribution in [0, 0.1) is 5.92 Å². The Morgan fingerprint density at radius 3 is 2.00 bits per heavy atom. The third-order valence-electron chi connectivity index (χ3n) is 2.05. The van der Waals surface area contributed by atoms with Gasteiger partial charge in [0.25, 0.3) is 0 Å². The lowest BCUT2D eigenvalue weighted by atomic mass is 10.1. The molecule has 0 aliphatic carbocycles. The number of rotatable bonds is 10. The van der Waals surface area contributed by atoms with Crippen LogP contribution < -0.4 is 0 Å². The van der Waals surface area contributed by atoms with Crippen molar-refractivity contribution in [3.8, 4) is 0 Å². The molecule has 0 spiro atoms. The van der Waals surface area contributed by atoms with Crippen LogP contribution in [0.3, 0.4) is 0 Å². The molecule has 0 saturated carbocycles. The summed E-state index contributed by atoms with van der Waals surface area (Å²) in [7, 11) is 0. The molecular formula is C11H24O3. The highest BCUT2D eigenvalue weighted by Crippen LogP contribution is 1.99. The van der Waals surface area contributed by atoms with Gasteiger partial charge < -0.3 is 14.2 Å². The van der Waals surface area contributed by atoms with Gasteiger partial charge in [0, 0.05) is 13.2 Å². The fourth-order valence-electron chi connectivity index (χ4n) is 0.884. The molecule has 0 fully saturated rings. The number of ether oxygens (including phenoxy) is 3. The van der Waals surface area contributed by atoms with Gasteiger partial charge in [-0.15, -0.1) is 0 Å². The van der Waals surface area contributed by atoms with Crippen molar-refractivity contribution >= 4 is 0 Å². The van der Waals surface area contributed by atoms with E-state index in [1.165, 1.54) is 6.42 Å². The molecule has 0 N–H and O–H groups in total. The van der Waals surface area contributed by atoms with E-state index in [9.17, 15) is 0 Å². The van der Waals surface area contributed by atoms with Crippen molar-refractivity contribution in [1.82, 2.24) is 0 Å². The zero-order valence-electron chi connectivity index (χ0n) is 9.75. The molecule has 0 aliphatic rings. The van der Waals surface area contributed by atoms with Crippen molar-refractivity contribution in [1.29, 1.82) is 0 Å². The van der Waals surface area contributed by atoms with Crippen molar-refractivity contribution in [2.24, 2.45) is 5.92 Å². The fraction of sp³-hybridized carbons (Fsp3) is 1.00. The van der Waals surface area contributed by atoms with Crippen molar-refractivity contribution in [3.63, 3.8) is 0 Å². The molecule has 0 rings (SSSR count). The van der Waals surface area contributed by atoms with Crippen molar-refractivity contribution in [3.05, 3.63) is 0 Å². The summed E-state index contributed by atoms with van der Waals surface area (Å²) in [6.07, 6.45) is 1.17. The Hall–Kier alpha value is -0.120. The maximum Gasteiger partial charge on any atom is 0.0701 e. The Kier molecular flexibility index (Phi) is 10.9. The summed E-state index contributed by atoms with van der Waals surface area (Å²) < 4.78 is 15.9. The van der Waals surface area contributed by atoms with Gasteiger partial charge in [0.15, 0.2) is 0 Å². The first-order chi connectivity index (χ1) is 6.81. The first-order valence-electron chi connectivity index (χ1n) is 5.54. The molecule has 3 heteroatoms. The summed E-state index contributed by atoms with van der Waals surface area (Å²) in [5.74, 6) is 0.651. The topological polar surface area (TPSA) is 27.7 Å². The maximum atomic E-state index is 5.43. The molecule has 0 aromatic carbocycles. The smallest absolute Gasteiger partial charge is 0.0701 e. The average molecular weight is 204 g/mol. The second kappa shape index (κ2) is 11.0. The monoisotopic (exact) mass is 204 g/mol. The molecule has 3 nitrogen and oxygen atoms in total. The lowest BCUT2D eigenvalue weighted by Gasteiger charge is -2.09. The van der Waals surface area contributed by atoms with E-state index >= 15 is 0 Å². The predicted octanol–water partition coefficient (Wildman–Crippen LogP) is 2.10. The highest BCUT2D eigenvalue weighted by molar-refractivity contribution is 4.45. The van der Waals surface area contributed by atoms with Crippen LogP contribution >= 0.6 is 0 Å². The van der Waals surface area contributed by atoms with Gasteiger partial charge in [0.05, 0.1) is 26.4 Å². The summed E-state index contributed by atoms with van der Waals surface area (Å²) in [6.45, 7) is 10.7. The zero-order chi connectivity index (χ0) is 10.6. The van der Waals surface area contributed by atoms with E-state index in [4.69, 9.17) is 14.2 Å². The molecule has 1 atom stereocenters. The van der Waals surface area contributed by atoms with Crippen molar-refractivity contribution in [2.45, 2.75) is 27.2 Å². The maximum absolute atomic E-state index is 5.43. The Bertz CT molecular complexity index is 107. The minimum Gasteiger partial charge on any atom is -0.379 e. The van der Waals surface area contributed by atoms with E-state index in [1.54, 1.807) is 0 Å². The van der Waals surface area contributed by atoms with Crippen LogP contribution in [0.2, 0.25) is 0 Å². The largest absolute Gasteiger partial charge is 0.379 e. The SMILES string of the molecule is CCOCCOCCOCC(C)CC. The van der Waals surface area contributed by atoms with Crippen LogP contribution in [0.25, 0.3) is 0 Å². The summed E-state index contributed by atoms with van der Waals surface area (Å²) in [4.78, 5) is 0. The molecule has 0 aromatic rings. The van der Waals surface area contributed by atoms with Crippen LogP contribution in [0.5, 0.6) is 0 Å². The molecule has 0 aromatic heterocycles. The van der Waals surface area contributed by atoms with Gasteiger partial charge in [0.1, 0.15) is 0 Å². The third kappa shape index (κ3) is 9.96. The minimum atomic E-state index is 0.651. The highest BCUT2D eigenvalue weighted by atomic mass is 16.5. The molecule has 86 valence electrons. The van der Waals surface area contributed by atoms with Crippen LogP contribution in [-0.4, -0.2) is 39.6 Å². The summed E-state index contributed by atoms with van der Waals surface area (Å²) in [5, 5.41) is 0. The average Bonchev–Trinajstić information content (AvgIpc) is 2.21. The van der Waals surface area contributed by atoms with Gasteiger partial charge in [0.2, 0.25) is 0 Å². The van der Waals surface area contributed by atoms with Gasteiger partial charge in [-0.1, -0.05) is 20.3 Å². The fourth-order valence-corrected chi connectivity index (χ4v) is 0.884. The van der Waals surface area contributed by atoms with Gasteiger partial charge >= 0.3 is 0 Å². The second-order valence-electron chi connectivity index (χ2n) is 3.40. The standard InChI is InChI=1S/C11H24O3/c1-4-11(3)10-14-9-8-13-7-6-12-5-2/h11H,4-10H2,1-3H3. The van der Waals surface area contributed by atoms with E-state index in [-0.39, 0.29) is 0 Å². The van der Waals surface area contributed by atoms with E-state index in [2.05, 4.69) is 13.8 Å². The molecule has 0 amide bonds. The molecule has 1 unspecified atom stereocenters. The van der Waals surface area contributed by atoms with E-state index in [0.717, 1.165) is 13.2 Å². The summed E-state index contributed by atoms with van der Waals surface area (Å²) in [6, 6.07) is 0. The zero-order valence-corrected chi connectivity index (χ0v) is 9.75. The molecule has 0 saturated heterocycles. The van der Waals surface area contributed by atoms with Crippen molar-refractivity contribution in [2.75, 3.05) is 39.6 Å². The first-order valence-corrected chi connectivity index (χ1v) is 5.54. The normalized spacial score (nSPS) is 13.1. The summed E-state index contributed by atoms with van der Waals surface area (Å²) in [5.41, 5.74) is 0. The molecule has 0 bridgehead atoms.